The summed E-state index contributed by atoms with van der Waals surface area (Å²) in [7, 11) is 0. The van der Waals surface area contributed by atoms with Gasteiger partial charge in [0.15, 0.2) is 0 Å². The molecule has 0 fully saturated rings. The summed E-state index contributed by atoms with van der Waals surface area (Å²) in [6.45, 7) is 16.3. The van der Waals surface area contributed by atoms with Crippen LogP contribution < -0.4 is 0 Å². The molecule has 5 aromatic rings. The molecule has 0 aliphatic carbocycles. The third-order valence-corrected chi connectivity index (χ3v) is 10.1. The van der Waals surface area contributed by atoms with Gasteiger partial charge in [0.05, 0.1) is 17.1 Å². The fraction of sp³-hybridized carbons (Fsp3) is 0.333. The number of benzene rings is 4. The molecule has 2 N–H and O–H groups in total. The molecule has 0 unspecified atom stereocenters. The van der Waals surface area contributed by atoms with E-state index in [1.165, 1.54) is 30.3 Å². The third-order valence-electron chi connectivity index (χ3n) is 10.1. The summed E-state index contributed by atoms with van der Waals surface area (Å²) in [5, 5.41) is 12.4. The van der Waals surface area contributed by atoms with Gasteiger partial charge in [-0.2, -0.15) is 0 Å². The molecule has 0 amide bonds. The van der Waals surface area contributed by atoms with E-state index in [-0.39, 0.29) is 36.5 Å². The van der Waals surface area contributed by atoms with E-state index < -0.39 is 17.5 Å². The maximum atomic E-state index is 15.4. The first kappa shape index (κ1) is 39.6. The van der Waals surface area contributed by atoms with Crippen LogP contribution >= 0.6 is 0 Å². The first-order valence-electron chi connectivity index (χ1n) is 16.7. The summed E-state index contributed by atoms with van der Waals surface area (Å²) in [5.41, 5.74) is 3.32. The summed E-state index contributed by atoms with van der Waals surface area (Å²) in [6, 6.07) is 19.0. The van der Waals surface area contributed by atoms with Crippen molar-refractivity contribution in [3.8, 4) is 22.4 Å². The smallest absolute Gasteiger partial charge is 0.325 e. The van der Waals surface area contributed by atoms with Crippen LogP contribution in [0.1, 0.15) is 78.4 Å². The van der Waals surface area contributed by atoms with Gasteiger partial charge in [0.25, 0.3) is 0 Å². The molecular formula is C42H46F3IrNO2. The number of rotatable bonds is 9. The SMILES string of the molecule is CCC(C)(CC)C(=[OH+])/C=C(\O)C(C)(CC)CC.Cc1[c-]c(-c2nccc3c2ccc2c(F)c(-c4ccc(F)cc4)c(F)cc23)cc(C)c1.[Ir]. The van der Waals surface area contributed by atoms with Crippen molar-refractivity contribution in [3.05, 3.63) is 113 Å². The number of nitrogens with zero attached hydrogens (tertiary/aromatic N) is 1. The number of ketones is 1. The Morgan fingerprint density at radius 3 is 1.96 bits per heavy atom. The monoisotopic (exact) mass is 846 g/mol. The molecular weight excluding hydrogens is 800 g/mol. The van der Waals surface area contributed by atoms with Crippen molar-refractivity contribution in [2.75, 3.05) is 0 Å². The Hall–Kier alpha value is -3.80. The van der Waals surface area contributed by atoms with E-state index in [0.717, 1.165) is 53.5 Å². The number of pyridine rings is 1. The number of allylic oxidation sites excluding steroid dienone is 2. The molecule has 0 aliphatic heterocycles. The summed E-state index contributed by atoms with van der Waals surface area (Å²) >= 11 is 0. The average molecular weight is 846 g/mol. The van der Waals surface area contributed by atoms with E-state index >= 15 is 8.78 Å². The number of fused-ring (bicyclic) bond motifs is 3. The number of hydrogen-bond acceptors (Lipinski definition) is 2. The van der Waals surface area contributed by atoms with Crippen LogP contribution in [0.4, 0.5) is 13.2 Å². The predicted octanol–water partition coefficient (Wildman–Crippen LogP) is 12.2. The molecule has 7 heteroatoms. The molecule has 49 heavy (non-hydrogen) atoms. The Morgan fingerprint density at radius 2 is 1.39 bits per heavy atom. The first-order valence-corrected chi connectivity index (χ1v) is 16.7. The van der Waals surface area contributed by atoms with Gasteiger partial charge in [-0.1, -0.05) is 72.7 Å². The van der Waals surface area contributed by atoms with E-state index in [1.807, 2.05) is 39.8 Å². The van der Waals surface area contributed by atoms with E-state index in [2.05, 4.69) is 38.7 Å². The van der Waals surface area contributed by atoms with E-state index in [9.17, 15) is 14.3 Å². The molecule has 0 aliphatic rings. The molecule has 0 spiro atoms. The van der Waals surface area contributed by atoms with Crippen molar-refractivity contribution in [2.45, 2.75) is 81.1 Å². The Morgan fingerprint density at radius 1 is 0.796 bits per heavy atom. The molecule has 1 heterocycles. The van der Waals surface area contributed by atoms with Gasteiger partial charge in [0.1, 0.15) is 23.2 Å². The molecule has 0 saturated heterocycles. The number of aromatic nitrogens is 1. The largest absolute Gasteiger partial charge is 0.511 e. The second kappa shape index (κ2) is 16.3. The van der Waals surface area contributed by atoms with Crippen LogP contribution in [0.3, 0.4) is 0 Å². The zero-order valence-electron chi connectivity index (χ0n) is 29.6. The maximum Gasteiger partial charge on any atom is 0.325 e. The van der Waals surface area contributed by atoms with Crippen LogP contribution in [0, 0.1) is 48.2 Å². The molecule has 5 rings (SSSR count). The molecule has 1 radical (unpaired) electrons. The molecule has 1 aromatic heterocycles. The van der Waals surface area contributed by atoms with Crippen molar-refractivity contribution >= 4 is 27.3 Å². The normalized spacial score (nSPS) is 12.0. The van der Waals surface area contributed by atoms with Crippen molar-refractivity contribution < 1.29 is 43.2 Å². The fourth-order valence-corrected chi connectivity index (χ4v) is 5.88. The maximum absolute atomic E-state index is 15.4. The zero-order valence-corrected chi connectivity index (χ0v) is 32.0. The van der Waals surface area contributed by atoms with Crippen molar-refractivity contribution in [2.24, 2.45) is 10.8 Å². The van der Waals surface area contributed by atoms with Gasteiger partial charge < -0.3 is 10.1 Å². The minimum absolute atomic E-state index is 0. The van der Waals surface area contributed by atoms with E-state index in [0.29, 0.717) is 33.3 Å². The molecule has 4 aromatic carbocycles. The minimum atomic E-state index is -0.694. The number of carbonyl (C=O) groups excluding carboxylic acids is 1. The molecule has 3 nitrogen and oxygen atoms in total. The van der Waals surface area contributed by atoms with E-state index in [4.69, 9.17) is 0 Å². The first-order chi connectivity index (χ1) is 22.7. The Labute approximate surface area is 302 Å². The standard InChI is InChI=1S/C27H17F3N.C15H28O2.Ir/c1-15-11-16(2)13-18(12-15)27-22-8-7-21-23(20(22)9-10-31-27)14-24(29)25(26(21)30)17-3-5-19(28)6-4-17;1-7-14(5,8-2)12(16)11-13(17)15(6,9-3)10-4;/h3-12,14H,1-2H3;11,16H,7-10H2,1-6H3;/q-1;;/p+1/b;12-11-;. The Bertz CT molecular complexity index is 1960. The summed E-state index contributed by atoms with van der Waals surface area (Å²) < 4.78 is 43.7. The van der Waals surface area contributed by atoms with Crippen LogP contribution in [-0.4, -0.2) is 20.7 Å². The van der Waals surface area contributed by atoms with Gasteiger partial charge >= 0.3 is 5.78 Å². The Balaban J connectivity index is 0.000000312. The molecule has 0 atom stereocenters. The topological polar surface area (TPSA) is 54.5 Å². The van der Waals surface area contributed by atoms with E-state index in [1.54, 1.807) is 30.5 Å². The number of halogens is 3. The number of aryl methyl sites for hydroxylation is 2. The third kappa shape index (κ3) is 8.33. The van der Waals surface area contributed by atoms with Crippen molar-refractivity contribution in [3.63, 3.8) is 0 Å². The van der Waals surface area contributed by atoms with Crippen LogP contribution in [0.2, 0.25) is 0 Å². The summed E-state index contributed by atoms with van der Waals surface area (Å²) in [6.07, 6.45) is 6.69. The average Bonchev–Trinajstić information content (AvgIpc) is 3.07. The van der Waals surface area contributed by atoms with Gasteiger partial charge in [0.2, 0.25) is 0 Å². The van der Waals surface area contributed by atoms with Crippen LogP contribution in [0.5, 0.6) is 0 Å². The van der Waals surface area contributed by atoms with Crippen LogP contribution in [0.25, 0.3) is 43.9 Å². The summed E-state index contributed by atoms with van der Waals surface area (Å²) in [4.78, 5) is 14.7. The van der Waals surface area contributed by atoms with Gasteiger partial charge in [-0.25, -0.2) is 13.2 Å². The van der Waals surface area contributed by atoms with Crippen molar-refractivity contribution in [1.82, 2.24) is 4.98 Å². The zero-order chi connectivity index (χ0) is 35.4. The van der Waals surface area contributed by atoms with Gasteiger partial charge in [0, 0.05) is 37.1 Å². The number of aliphatic hydroxyl groups excluding tert-OH is 1. The second-order valence-electron chi connectivity index (χ2n) is 13.2. The number of hydrogen-bond donors (Lipinski definition) is 1. The molecule has 0 bridgehead atoms. The molecule has 0 saturated carbocycles. The quantitative estimate of drug-likeness (QED) is 0.0528. The van der Waals surface area contributed by atoms with Gasteiger partial charge in [-0.3, -0.25) is 4.79 Å². The van der Waals surface area contributed by atoms with Crippen molar-refractivity contribution in [1.29, 1.82) is 0 Å². The molecule has 261 valence electrons. The second-order valence-corrected chi connectivity index (χ2v) is 13.2. The van der Waals surface area contributed by atoms with Crippen LogP contribution in [0.15, 0.2) is 78.7 Å². The predicted molar refractivity (Wildman–Crippen MR) is 193 cm³/mol. The summed E-state index contributed by atoms with van der Waals surface area (Å²) in [5.74, 6) is -1.22. The Kier molecular flexibility index (Phi) is 13.2. The number of aliphatic hydroxyl groups is 1. The minimum Gasteiger partial charge on any atom is -0.511 e. The van der Waals surface area contributed by atoms with Gasteiger partial charge in [-0.05, 0) is 84.3 Å². The van der Waals surface area contributed by atoms with Gasteiger partial charge in [-0.15, -0.1) is 34.9 Å². The van der Waals surface area contributed by atoms with Crippen LogP contribution in [-0.2, 0) is 20.1 Å². The fourth-order valence-electron chi connectivity index (χ4n) is 5.88.